The van der Waals surface area contributed by atoms with Crippen LogP contribution in [-0.2, 0) is 11.2 Å². The molecule has 0 spiro atoms. The molecule has 0 aromatic heterocycles. The Morgan fingerprint density at radius 1 is 1.40 bits per heavy atom. The van der Waals surface area contributed by atoms with E-state index >= 15 is 0 Å². The van der Waals surface area contributed by atoms with Crippen molar-refractivity contribution in [1.29, 1.82) is 0 Å². The fraction of sp³-hybridized carbons (Fsp3) is 0.538. The van der Waals surface area contributed by atoms with Crippen LogP contribution in [0.3, 0.4) is 0 Å². The molecule has 1 aromatic rings. The lowest BCUT2D eigenvalue weighted by atomic mass is 10.1. The zero-order chi connectivity index (χ0) is 10.5. The van der Waals surface area contributed by atoms with Crippen LogP contribution in [-0.4, -0.2) is 18.5 Å². The summed E-state index contributed by atoms with van der Waals surface area (Å²) in [7, 11) is 0. The zero-order valence-electron chi connectivity index (χ0n) is 9.24. The fourth-order valence-electron chi connectivity index (χ4n) is 1.81. The number of ether oxygens (including phenoxy) is 1. The number of unbranched alkanes of at least 4 members (excludes halogenated alkanes) is 1. The maximum atomic E-state index is 5.67. The first kappa shape index (κ1) is 11.0. The largest absolute Gasteiger partial charge is 0.380 e. The van der Waals surface area contributed by atoms with Gasteiger partial charge in [0.15, 0.2) is 0 Å². The van der Waals surface area contributed by atoms with Crippen molar-refractivity contribution < 1.29 is 4.74 Å². The van der Waals surface area contributed by atoms with Gasteiger partial charge in [0.25, 0.3) is 0 Å². The van der Waals surface area contributed by atoms with E-state index in [-0.39, 0.29) is 0 Å². The summed E-state index contributed by atoms with van der Waals surface area (Å²) in [5.41, 5.74) is 1.49. The van der Waals surface area contributed by atoms with Gasteiger partial charge in [0.2, 0.25) is 0 Å². The Bertz CT molecular complexity index is 286. The summed E-state index contributed by atoms with van der Waals surface area (Å²) < 4.78 is 5.67. The Balaban J connectivity index is 1.76. The first-order valence-electron chi connectivity index (χ1n) is 5.72. The van der Waals surface area contributed by atoms with E-state index in [4.69, 9.17) is 4.74 Å². The molecule has 0 aliphatic carbocycles. The van der Waals surface area contributed by atoms with Crippen LogP contribution in [0.15, 0.2) is 29.2 Å². The minimum absolute atomic E-state index is 0.638. The molecule has 1 nitrogen and oxygen atoms in total. The van der Waals surface area contributed by atoms with Gasteiger partial charge in [-0.25, -0.2) is 0 Å². The lowest BCUT2D eigenvalue weighted by Gasteiger charge is -2.08. The summed E-state index contributed by atoms with van der Waals surface area (Å²) in [6.45, 7) is 4.02. The zero-order valence-corrected chi connectivity index (χ0v) is 10.1. The van der Waals surface area contributed by atoms with Crippen LogP contribution >= 0.6 is 11.8 Å². The Morgan fingerprint density at radius 3 is 3.07 bits per heavy atom. The topological polar surface area (TPSA) is 9.23 Å². The molecule has 0 N–H and O–H groups in total. The van der Waals surface area contributed by atoms with Crippen molar-refractivity contribution in [3.8, 4) is 0 Å². The van der Waals surface area contributed by atoms with E-state index in [0.717, 1.165) is 13.2 Å². The highest BCUT2D eigenvalue weighted by molar-refractivity contribution is 8.00. The number of benzene rings is 1. The highest BCUT2D eigenvalue weighted by atomic mass is 32.2. The van der Waals surface area contributed by atoms with Crippen LogP contribution in [0.1, 0.15) is 25.3 Å². The first-order chi connectivity index (χ1) is 7.40. The Kier molecular flexibility index (Phi) is 4.09. The van der Waals surface area contributed by atoms with E-state index in [1.807, 2.05) is 11.8 Å². The molecule has 1 heterocycles. The van der Waals surface area contributed by atoms with Gasteiger partial charge in [0.1, 0.15) is 0 Å². The van der Waals surface area contributed by atoms with Gasteiger partial charge in [0.05, 0.1) is 6.61 Å². The van der Waals surface area contributed by atoms with Gasteiger partial charge in [-0.05, 0) is 24.5 Å². The minimum Gasteiger partial charge on any atom is -0.380 e. The molecule has 1 unspecified atom stereocenters. The van der Waals surface area contributed by atoms with E-state index in [9.17, 15) is 0 Å². The minimum atomic E-state index is 0.638. The van der Waals surface area contributed by atoms with Gasteiger partial charge in [-0.2, -0.15) is 0 Å². The molecule has 0 bridgehead atoms. The van der Waals surface area contributed by atoms with E-state index in [1.54, 1.807) is 0 Å². The second-order valence-corrected chi connectivity index (χ2v) is 5.32. The Labute approximate surface area is 96.2 Å². The molecular weight excluding hydrogens is 204 g/mol. The summed E-state index contributed by atoms with van der Waals surface area (Å²) >= 11 is 1.97. The van der Waals surface area contributed by atoms with Crippen molar-refractivity contribution in [2.75, 3.05) is 13.2 Å². The summed E-state index contributed by atoms with van der Waals surface area (Å²) in [4.78, 5) is 1.45. The SMILES string of the molecule is CCCCOCC1Cc2ccccc2S1. The van der Waals surface area contributed by atoms with Crippen LogP contribution in [0.4, 0.5) is 0 Å². The summed E-state index contributed by atoms with van der Waals surface area (Å²) in [6, 6.07) is 8.69. The summed E-state index contributed by atoms with van der Waals surface area (Å²) in [5.74, 6) is 0. The maximum Gasteiger partial charge on any atom is 0.0591 e. The normalized spacial score (nSPS) is 19.1. The van der Waals surface area contributed by atoms with E-state index < -0.39 is 0 Å². The van der Waals surface area contributed by atoms with Gasteiger partial charge >= 0.3 is 0 Å². The average molecular weight is 222 g/mol. The number of hydrogen-bond donors (Lipinski definition) is 0. The van der Waals surface area contributed by atoms with Crippen molar-refractivity contribution in [3.05, 3.63) is 29.8 Å². The second kappa shape index (κ2) is 5.57. The van der Waals surface area contributed by atoms with Crippen molar-refractivity contribution in [1.82, 2.24) is 0 Å². The van der Waals surface area contributed by atoms with Crippen molar-refractivity contribution in [3.63, 3.8) is 0 Å². The molecule has 1 aromatic carbocycles. The van der Waals surface area contributed by atoms with Gasteiger partial charge in [-0.1, -0.05) is 31.5 Å². The second-order valence-electron chi connectivity index (χ2n) is 3.98. The molecule has 1 aliphatic rings. The third kappa shape index (κ3) is 2.99. The van der Waals surface area contributed by atoms with Gasteiger partial charge < -0.3 is 4.74 Å². The highest BCUT2D eigenvalue weighted by Crippen LogP contribution is 2.36. The summed E-state index contributed by atoms with van der Waals surface area (Å²) in [6.07, 6.45) is 3.58. The van der Waals surface area contributed by atoms with Gasteiger partial charge in [-0.15, -0.1) is 11.8 Å². The molecule has 0 amide bonds. The van der Waals surface area contributed by atoms with E-state index in [0.29, 0.717) is 5.25 Å². The third-order valence-corrected chi connectivity index (χ3v) is 3.95. The number of fused-ring (bicyclic) bond motifs is 1. The fourth-order valence-corrected chi connectivity index (χ4v) is 3.05. The van der Waals surface area contributed by atoms with E-state index in [1.165, 1.54) is 29.7 Å². The van der Waals surface area contributed by atoms with Crippen molar-refractivity contribution >= 4 is 11.8 Å². The quantitative estimate of drug-likeness (QED) is 0.705. The molecule has 82 valence electrons. The van der Waals surface area contributed by atoms with E-state index in [2.05, 4.69) is 31.2 Å². The molecule has 0 fully saturated rings. The van der Waals surface area contributed by atoms with Crippen LogP contribution in [0.25, 0.3) is 0 Å². The Morgan fingerprint density at radius 2 is 2.27 bits per heavy atom. The van der Waals surface area contributed by atoms with Crippen LogP contribution in [0.5, 0.6) is 0 Å². The molecule has 0 radical (unpaired) electrons. The molecule has 2 rings (SSSR count). The smallest absolute Gasteiger partial charge is 0.0591 e. The van der Waals surface area contributed by atoms with Crippen molar-refractivity contribution in [2.24, 2.45) is 0 Å². The molecule has 1 atom stereocenters. The number of thioether (sulfide) groups is 1. The highest BCUT2D eigenvalue weighted by Gasteiger charge is 2.21. The molecular formula is C13H18OS. The summed E-state index contributed by atoms with van der Waals surface area (Å²) in [5, 5.41) is 0.638. The van der Waals surface area contributed by atoms with Crippen LogP contribution in [0.2, 0.25) is 0 Å². The van der Waals surface area contributed by atoms with Gasteiger partial charge in [-0.3, -0.25) is 0 Å². The maximum absolute atomic E-state index is 5.67. The average Bonchev–Trinajstić information content (AvgIpc) is 2.67. The number of rotatable bonds is 5. The molecule has 2 heteroatoms. The van der Waals surface area contributed by atoms with Crippen LogP contribution in [0, 0.1) is 0 Å². The predicted octanol–water partition coefficient (Wildman–Crippen LogP) is 3.52. The van der Waals surface area contributed by atoms with Crippen LogP contribution < -0.4 is 0 Å². The standard InChI is InChI=1S/C13H18OS/c1-2-3-8-14-10-12-9-11-6-4-5-7-13(11)15-12/h4-7,12H,2-3,8-10H2,1H3. The molecule has 15 heavy (non-hydrogen) atoms. The third-order valence-electron chi connectivity index (χ3n) is 2.66. The van der Waals surface area contributed by atoms with Gasteiger partial charge in [0, 0.05) is 16.8 Å². The first-order valence-corrected chi connectivity index (χ1v) is 6.60. The molecule has 0 saturated carbocycles. The predicted molar refractivity (Wildman–Crippen MR) is 65.5 cm³/mol. The lowest BCUT2D eigenvalue weighted by Crippen LogP contribution is -2.11. The van der Waals surface area contributed by atoms with Crippen molar-refractivity contribution in [2.45, 2.75) is 36.3 Å². The molecule has 0 saturated heterocycles. The Hall–Kier alpha value is -0.470. The monoisotopic (exact) mass is 222 g/mol. The molecule has 1 aliphatic heterocycles. The lowest BCUT2D eigenvalue weighted by molar-refractivity contribution is 0.133. The number of hydrogen-bond acceptors (Lipinski definition) is 2.